The van der Waals surface area contributed by atoms with Crippen molar-refractivity contribution in [2.24, 2.45) is 0 Å². The van der Waals surface area contributed by atoms with E-state index in [0.717, 1.165) is 59.5 Å². The highest BCUT2D eigenvalue weighted by molar-refractivity contribution is 6.02. The van der Waals surface area contributed by atoms with Gasteiger partial charge in [0.1, 0.15) is 0 Å². The lowest BCUT2D eigenvalue weighted by molar-refractivity contribution is -0.118. The molecular formula is C25H27N3O3. The van der Waals surface area contributed by atoms with Crippen LogP contribution in [-0.2, 0) is 10.2 Å². The number of aromatic nitrogens is 1. The number of aromatic hydroxyl groups is 2. The summed E-state index contributed by atoms with van der Waals surface area (Å²) in [5, 5.41) is 23.5. The first-order valence-electron chi connectivity index (χ1n) is 10.9. The van der Waals surface area contributed by atoms with Crippen LogP contribution in [0.1, 0.15) is 43.4 Å². The van der Waals surface area contributed by atoms with Crippen molar-refractivity contribution in [1.29, 1.82) is 0 Å². The van der Waals surface area contributed by atoms with Crippen molar-refractivity contribution < 1.29 is 15.0 Å². The maximum Gasteiger partial charge on any atom is 0.235 e. The predicted molar refractivity (Wildman–Crippen MR) is 122 cm³/mol. The third-order valence-electron chi connectivity index (χ3n) is 6.64. The van der Waals surface area contributed by atoms with Crippen molar-refractivity contribution >= 4 is 28.2 Å². The number of piperidine rings is 1. The van der Waals surface area contributed by atoms with E-state index in [0.29, 0.717) is 0 Å². The quantitative estimate of drug-likeness (QED) is 0.453. The second-order valence-electron chi connectivity index (χ2n) is 8.72. The van der Waals surface area contributed by atoms with Crippen LogP contribution in [0.2, 0.25) is 0 Å². The molecule has 1 aliphatic carbocycles. The number of nitrogens with zero attached hydrogens (tertiary/aromatic N) is 1. The number of aromatic amines is 1. The SMILES string of the molecule is C=C(c1cc2cc(NC(=O)C3(c4ccc(O)c(O)c4)CC3)ccc2[nH]1)N1CCCCC1. The normalized spacial score (nSPS) is 17.5. The van der Waals surface area contributed by atoms with Gasteiger partial charge >= 0.3 is 0 Å². The van der Waals surface area contributed by atoms with Gasteiger partial charge in [-0.1, -0.05) is 12.6 Å². The summed E-state index contributed by atoms with van der Waals surface area (Å²) < 4.78 is 0. The number of hydrogen-bond acceptors (Lipinski definition) is 4. The molecule has 31 heavy (non-hydrogen) atoms. The summed E-state index contributed by atoms with van der Waals surface area (Å²) in [7, 11) is 0. The number of nitrogens with one attached hydrogen (secondary N) is 2. The summed E-state index contributed by atoms with van der Waals surface area (Å²) in [6, 6.07) is 12.6. The molecule has 6 nitrogen and oxygen atoms in total. The highest BCUT2D eigenvalue weighted by Crippen LogP contribution is 2.50. The van der Waals surface area contributed by atoms with Gasteiger partial charge in [0.2, 0.25) is 5.91 Å². The van der Waals surface area contributed by atoms with E-state index in [4.69, 9.17) is 0 Å². The van der Waals surface area contributed by atoms with Crippen molar-refractivity contribution in [3.8, 4) is 11.5 Å². The Balaban J connectivity index is 1.35. The molecule has 5 rings (SSSR count). The lowest BCUT2D eigenvalue weighted by Crippen LogP contribution is -2.27. The maximum absolute atomic E-state index is 13.1. The second-order valence-corrected chi connectivity index (χ2v) is 8.72. The molecule has 2 aromatic carbocycles. The number of carbonyl (C=O) groups excluding carboxylic acids is 1. The summed E-state index contributed by atoms with van der Waals surface area (Å²) in [5.74, 6) is -0.475. The minimum Gasteiger partial charge on any atom is -0.504 e. The molecule has 4 N–H and O–H groups in total. The number of fused-ring (bicyclic) bond motifs is 1. The van der Waals surface area contributed by atoms with Crippen LogP contribution >= 0.6 is 0 Å². The smallest absolute Gasteiger partial charge is 0.235 e. The summed E-state index contributed by atoms with van der Waals surface area (Å²) in [5.41, 5.74) is 3.86. The van der Waals surface area contributed by atoms with Gasteiger partial charge in [0.15, 0.2) is 11.5 Å². The molecule has 1 saturated carbocycles. The van der Waals surface area contributed by atoms with Crippen LogP contribution < -0.4 is 5.32 Å². The Kier molecular flexibility index (Phi) is 4.65. The number of phenols is 2. The summed E-state index contributed by atoms with van der Waals surface area (Å²) in [6.07, 6.45) is 5.13. The van der Waals surface area contributed by atoms with Gasteiger partial charge in [0, 0.05) is 29.7 Å². The van der Waals surface area contributed by atoms with E-state index >= 15 is 0 Å². The summed E-state index contributed by atoms with van der Waals surface area (Å²) >= 11 is 0. The Morgan fingerprint density at radius 3 is 2.48 bits per heavy atom. The minimum atomic E-state index is -0.647. The lowest BCUT2D eigenvalue weighted by Gasteiger charge is -2.29. The fourth-order valence-electron chi connectivity index (χ4n) is 4.54. The number of carbonyl (C=O) groups is 1. The van der Waals surface area contributed by atoms with E-state index in [2.05, 4.69) is 27.8 Å². The fraction of sp³-hybridized carbons (Fsp3) is 0.320. The van der Waals surface area contributed by atoms with E-state index < -0.39 is 5.41 Å². The van der Waals surface area contributed by atoms with E-state index in [1.54, 1.807) is 6.07 Å². The zero-order valence-corrected chi connectivity index (χ0v) is 17.4. The molecule has 2 heterocycles. The first kappa shape index (κ1) is 19.5. The zero-order valence-electron chi connectivity index (χ0n) is 17.4. The average Bonchev–Trinajstić information content (AvgIpc) is 3.49. The molecule has 0 bridgehead atoms. The number of phenolic OH excluding ortho intramolecular Hbond substituents is 2. The molecule has 0 radical (unpaired) electrons. The number of benzene rings is 2. The minimum absolute atomic E-state index is 0.0922. The summed E-state index contributed by atoms with van der Waals surface area (Å²) in [6.45, 7) is 6.38. The van der Waals surface area contributed by atoms with Crippen LogP contribution in [0.4, 0.5) is 5.69 Å². The summed E-state index contributed by atoms with van der Waals surface area (Å²) in [4.78, 5) is 18.8. The first-order valence-corrected chi connectivity index (χ1v) is 10.9. The van der Waals surface area contributed by atoms with Crippen LogP contribution in [0.15, 0.2) is 49.0 Å². The molecule has 1 amide bonds. The van der Waals surface area contributed by atoms with Gasteiger partial charge in [-0.15, -0.1) is 0 Å². The number of likely N-dealkylation sites (tertiary alicyclic amines) is 1. The molecule has 3 aromatic rings. The maximum atomic E-state index is 13.1. The van der Waals surface area contributed by atoms with Gasteiger partial charge in [-0.3, -0.25) is 4.79 Å². The molecule has 1 aromatic heterocycles. The third kappa shape index (κ3) is 3.52. The van der Waals surface area contributed by atoms with Crippen LogP contribution in [0.25, 0.3) is 16.6 Å². The van der Waals surface area contributed by atoms with E-state index in [9.17, 15) is 15.0 Å². The molecule has 160 valence electrons. The first-order chi connectivity index (χ1) is 15.0. The second kappa shape index (κ2) is 7.38. The van der Waals surface area contributed by atoms with Crippen molar-refractivity contribution in [3.05, 3.63) is 60.3 Å². The monoisotopic (exact) mass is 417 g/mol. The van der Waals surface area contributed by atoms with Gasteiger partial charge in [-0.2, -0.15) is 0 Å². The number of H-pyrrole nitrogens is 1. The van der Waals surface area contributed by atoms with Gasteiger partial charge < -0.3 is 25.4 Å². The molecule has 2 fully saturated rings. The van der Waals surface area contributed by atoms with Crippen molar-refractivity contribution in [1.82, 2.24) is 9.88 Å². The number of amides is 1. The van der Waals surface area contributed by atoms with Gasteiger partial charge in [-0.05, 0) is 74.1 Å². The Morgan fingerprint density at radius 2 is 1.77 bits per heavy atom. The fourth-order valence-corrected chi connectivity index (χ4v) is 4.54. The zero-order chi connectivity index (χ0) is 21.6. The van der Waals surface area contributed by atoms with E-state index in [-0.39, 0.29) is 17.4 Å². The van der Waals surface area contributed by atoms with Crippen molar-refractivity contribution in [2.45, 2.75) is 37.5 Å². The Bertz CT molecular complexity index is 1170. The molecule has 6 heteroatoms. The van der Waals surface area contributed by atoms with E-state index in [1.807, 2.05) is 18.2 Å². The van der Waals surface area contributed by atoms with Crippen LogP contribution in [-0.4, -0.2) is 39.1 Å². The predicted octanol–water partition coefficient (Wildman–Crippen LogP) is 4.71. The Morgan fingerprint density at radius 1 is 1.00 bits per heavy atom. The van der Waals surface area contributed by atoms with Gasteiger partial charge in [0.25, 0.3) is 0 Å². The highest BCUT2D eigenvalue weighted by atomic mass is 16.3. The Hall–Kier alpha value is -3.41. The van der Waals surface area contributed by atoms with Crippen LogP contribution in [0, 0.1) is 0 Å². The molecule has 0 spiro atoms. The van der Waals surface area contributed by atoms with Crippen molar-refractivity contribution in [3.63, 3.8) is 0 Å². The standard InChI is InChI=1S/C25H27N3O3/c1-16(28-11-3-2-4-12-28)21-14-17-13-19(6-7-20(17)27-21)26-24(31)25(9-10-25)18-5-8-22(29)23(30)15-18/h5-8,13-15,27,29-30H,1-4,9-12H2,(H,26,31). The molecular weight excluding hydrogens is 390 g/mol. The number of hydrogen-bond donors (Lipinski definition) is 4. The van der Waals surface area contributed by atoms with Crippen LogP contribution in [0.5, 0.6) is 11.5 Å². The molecule has 0 atom stereocenters. The topological polar surface area (TPSA) is 88.6 Å². The highest BCUT2D eigenvalue weighted by Gasteiger charge is 2.51. The number of anilines is 1. The molecule has 1 saturated heterocycles. The Labute approximate surface area is 181 Å². The van der Waals surface area contributed by atoms with Gasteiger partial charge in [-0.25, -0.2) is 0 Å². The van der Waals surface area contributed by atoms with Gasteiger partial charge in [0.05, 0.1) is 16.8 Å². The molecule has 0 unspecified atom stereocenters. The molecule has 1 aliphatic heterocycles. The third-order valence-corrected chi connectivity index (χ3v) is 6.64. The average molecular weight is 418 g/mol. The number of rotatable bonds is 5. The van der Waals surface area contributed by atoms with E-state index in [1.165, 1.54) is 31.4 Å². The van der Waals surface area contributed by atoms with Crippen LogP contribution in [0.3, 0.4) is 0 Å². The lowest BCUT2D eigenvalue weighted by atomic mass is 9.94. The molecule has 2 aliphatic rings. The van der Waals surface area contributed by atoms with Crippen molar-refractivity contribution in [2.75, 3.05) is 18.4 Å². The largest absolute Gasteiger partial charge is 0.504 e.